The summed E-state index contributed by atoms with van der Waals surface area (Å²) >= 11 is 1.56. The zero-order valence-electron chi connectivity index (χ0n) is 12.1. The van der Waals surface area contributed by atoms with Gasteiger partial charge in [0, 0.05) is 43.4 Å². The lowest BCUT2D eigenvalue weighted by molar-refractivity contribution is -0.122. The van der Waals surface area contributed by atoms with E-state index in [1.54, 1.807) is 23.7 Å². The van der Waals surface area contributed by atoms with Gasteiger partial charge in [0.1, 0.15) is 5.78 Å². The minimum atomic E-state index is 0.0796. The number of nitrogens with zero attached hydrogens (tertiary/aromatic N) is 5. The molecule has 0 spiro atoms. The zero-order valence-corrected chi connectivity index (χ0v) is 13.0. The summed E-state index contributed by atoms with van der Waals surface area (Å²) in [6.07, 6.45) is 6.07. The van der Waals surface area contributed by atoms with Crippen LogP contribution in [0.2, 0.25) is 0 Å². The molecule has 1 saturated heterocycles. The smallest absolute Gasteiger partial charge is 0.214 e. The predicted octanol–water partition coefficient (Wildman–Crippen LogP) is 2.27. The number of fused-ring (bicyclic) bond motifs is 1. The Morgan fingerprint density at radius 1 is 1.41 bits per heavy atom. The minimum absolute atomic E-state index is 0.0796. The van der Waals surface area contributed by atoms with Gasteiger partial charge in [-0.15, -0.1) is 5.10 Å². The Kier molecular flexibility index (Phi) is 3.15. The van der Waals surface area contributed by atoms with Crippen molar-refractivity contribution >= 4 is 27.2 Å². The van der Waals surface area contributed by atoms with Crippen molar-refractivity contribution in [3.05, 3.63) is 30.7 Å². The number of hydrogen-bond donors (Lipinski definition) is 0. The van der Waals surface area contributed by atoms with E-state index in [1.807, 2.05) is 29.8 Å². The van der Waals surface area contributed by atoms with Crippen molar-refractivity contribution < 1.29 is 4.79 Å². The molecule has 4 heterocycles. The van der Waals surface area contributed by atoms with Crippen LogP contribution in [-0.2, 0) is 4.79 Å². The summed E-state index contributed by atoms with van der Waals surface area (Å²) in [5, 5.41) is 5.54. The second-order valence-electron chi connectivity index (χ2n) is 5.54. The molecule has 1 fully saturated rings. The first kappa shape index (κ1) is 13.4. The second kappa shape index (κ2) is 5.17. The first-order chi connectivity index (χ1) is 10.7. The SMILES string of the molecule is CC1CN(c2nn3cc(-c4cccnc4)nc3s2)CCC1=O. The Labute approximate surface area is 131 Å². The molecule has 0 aliphatic carbocycles. The van der Waals surface area contributed by atoms with Crippen molar-refractivity contribution in [2.75, 3.05) is 18.0 Å². The van der Waals surface area contributed by atoms with Gasteiger partial charge < -0.3 is 4.90 Å². The highest BCUT2D eigenvalue weighted by atomic mass is 32.1. The van der Waals surface area contributed by atoms with Gasteiger partial charge in [0.2, 0.25) is 10.1 Å². The fourth-order valence-electron chi connectivity index (χ4n) is 2.66. The molecule has 1 aliphatic rings. The van der Waals surface area contributed by atoms with Crippen molar-refractivity contribution in [2.45, 2.75) is 13.3 Å². The van der Waals surface area contributed by atoms with Crippen LogP contribution in [-0.4, -0.2) is 38.5 Å². The molecule has 4 rings (SSSR count). The number of ketones is 1. The number of carbonyl (C=O) groups is 1. The van der Waals surface area contributed by atoms with Gasteiger partial charge in [-0.3, -0.25) is 9.78 Å². The molecule has 1 unspecified atom stereocenters. The van der Waals surface area contributed by atoms with Crippen LogP contribution in [0.5, 0.6) is 0 Å². The van der Waals surface area contributed by atoms with Crippen molar-refractivity contribution in [2.24, 2.45) is 5.92 Å². The molecule has 0 radical (unpaired) electrons. The third-order valence-corrected chi connectivity index (χ3v) is 4.92. The van der Waals surface area contributed by atoms with Crippen LogP contribution in [0, 0.1) is 5.92 Å². The van der Waals surface area contributed by atoms with E-state index >= 15 is 0 Å². The van der Waals surface area contributed by atoms with Crippen molar-refractivity contribution in [3.63, 3.8) is 0 Å². The number of hydrogen-bond acceptors (Lipinski definition) is 6. The molecule has 7 heteroatoms. The van der Waals surface area contributed by atoms with Crippen molar-refractivity contribution in [1.29, 1.82) is 0 Å². The van der Waals surface area contributed by atoms with Crippen molar-refractivity contribution in [3.8, 4) is 11.3 Å². The van der Waals surface area contributed by atoms with E-state index in [1.165, 1.54) is 0 Å². The van der Waals surface area contributed by atoms with E-state index in [4.69, 9.17) is 0 Å². The molecule has 0 amide bonds. The summed E-state index contributed by atoms with van der Waals surface area (Å²) in [6, 6.07) is 3.88. The molecular formula is C15H15N5OS. The quantitative estimate of drug-likeness (QED) is 0.726. The summed E-state index contributed by atoms with van der Waals surface area (Å²) in [6.45, 7) is 3.47. The van der Waals surface area contributed by atoms with Crippen LogP contribution in [0.4, 0.5) is 5.13 Å². The fourth-order valence-corrected chi connectivity index (χ4v) is 3.58. The molecule has 22 heavy (non-hydrogen) atoms. The van der Waals surface area contributed by atoms with E-state index in [9.17, 15) is 4.79 Å². The molecule has 112 valence electrons. The number of imidazole rings is 1. The molecule has 1 aliphatic heterocycles. The van der Waals surface area contributed by atoms with Crippen LogP contribution in [0.25, 0.3) is 16.2 Å². The average molecular weight is 313 g/mol. The summed E-state index contributed by atoms with van der Waals surface area (Å²) in [4.78, 5) is 23.4. The van der Waals surface area contributed by atoms with Crippen molar-refractivity contribution in [1.82, 2.24) is 19.6 Å². The maximum atomic E-state index is 11.6. The summed E-state index contributed by atoms with van der Waals surface area (Å²) < 4.78 is 1.81. The van der Waals surface area contributed by atoms with Crippen LogP contribution in [0.15, 0.2) is 30.7 Å². The first-order valence-electron chi connectivity index (χ1n) is 7.25. The topological polar surface area (TPSA) is 63.4 Å². The molecule has 0 bridgehead atoms. The Balaban J connectivity index is 1.63. The van der Waals surface area contributed by atoms with Gasteiger partial charge in [0.25, 0.3) is 0 Å². The largest absolute Gasteiger partial charge is 0.346 e. The van der Waals surface area contributed by atoms with Gasteiger partial charge in [0.05, 0.1) is 11.9 Å². The van der Waals surface area contributed by atoms with E-state index in [-0.39, 0.29) is 5.92 Å². The molecular weight excluding hydrogens is 298 g/mol. The predicted molar refractivity (Wildman–Crippen MR) is 85.1 cm³/mol. The van der Waals surface area contributed by atoms with Gasteiger partial charge in [0.15, 0.2) is 0 Å². The number of rotatable bonds is 2. The second-order valence-corrected chi connectivity index (χ2v) is 6.48. The fraction of sp³-hybridized carbons (Fsp3) is 0.333. The van der Waals surface area contributed by atoms with Gasteiger partial charge in [-0.25, -0.2) is 9.50 Å². The molecule has 3 aromatic rings. The average Bonchev–Trinajstić information content (AvgIpc) is 3.09. The highest BCUT2D eigenvalue weighted by molar-refractivity contribution is 7.20. The Bertz CT molecular complexity index is 793. The highest BCUT2D eigenvalue weighted by Crippen LogP contribution is 2.28. The van der Waals surface area contributed by atoms with E-state index in [2.05, 4.69) is 20.0 Å². The van der Waals surface area contributed by atoms with Crippen LogP contribution in [0.3, 0.4) is 0 Å². The minimum Gasteiger partial charge on any atom is -0.346 e. The third kappa shape index (κ3) is 2.27. The first-order valence-corrected chi connectivity index (χ1v) is 8.06. The number of carbonyl (C=O) groups excluding carboxylic acids is 1. The third-order valence-electron chi connectivity index (χ3n) is 3.93. The lowest BCUT2D eigenvalue weighted by atomic mass is 9.99. The number of piperidine rings is 1. The lowest BCUT2D eigenvalue weighted by Gasteiger charge is -2.29. The molecule has 0 aromatic carbocycles. The summed E-state index contributed by atoms with van der Waals surface area (Å²) in [5.41, 5.74) is 1.86. The molecule has 0 N–H and O–H groups in total. The maximum Gasteiger partial charge on any atom is 0.214 e. The highest BCUT2D eigenvalue weighted by Gasteiger charge is 2.26. The van der Waals surface area contributed by atoms with Crippen LogP contribution >= 0.6 is 11.3 Å². The maximum absolute atomic E-state index is 11.6. The van der Waals surface area contributed by atoms with Gasteiger partial charge in [-0.05, 0) is 12.1 Å². The number of anilines is 1. The number of pyridine rings is 1. The van der Waals surface area contributed by atoms with Gasteiger partial charge in [-0.1, -0.05) is 18.3 Å². The Morgan fingerprint density at radius 2 is 2.32 bits per heavy atom. The van der Waals surface area contributed by atoms with Crippen LogP contribution < -0.4 is 4.90 Å². The standard InChI is InChI=1S/C15H15N5OS/c1-10-8-19(6-4-13(10)21)15-18-20-9-12(17-14(20)22-15)11-3-2-5-16-7-11/h2-3,5,7,9-10H,4,6,8H2,1H3. The Hall–Kier alpha value is -2.28. The molecule has 3 aromatic heterocycles. The Morgan fingerprint density at radius 3 is 3.05 bits per heavy atom. The van der Waals surface area contributed by atoms with Gasteiger partial charge in [-0.2, -0.15) is 0 Å². The lowest BCUT2D eigenvalue weighted by Crippen LogP contribution is -2.39. The normalized spacial score (nSPS) is 19.0. The molecule has 1 atom stereocenters. The zero-order chi connectivity index (χ0) is 15.1. The summed E-state index contributed by atoms with van der Waals surface area (Å²) in [5.74, 6) is 0.423. The van der Waals surface area contributed by atoms with E-state index in [0.717, 1.165) is 34.4 Å². The number of aromatic nitrogens is 4. The molecule has 0 saturated carbocycles. The number of Topliss-reactive ketones (excluding diaryl/α,β-unsaturated/α-hetero) is 1. The van der Waals surface area contributed by atoms with Crippen LogP contribution in [0.1, 0.15) is 13.3 Å². The molecule has 6 nitrogen and oxygen atoms in total. The van der Waals surface area contributed by atoms with E-state index in [0.29, 0.717) is 12.2 Å². The summed E-state index contributed by atoms with van der Waals surface area (Å²) in [7, 11) is 0. The van der Waals surface area contributed by atoms with Gasteiger partial charge >= 0.3 is 0 Å². The van der Waals surface area contributed by atoms with E-state index < -0.39 is 0 Å². The monoisotopic (exact) mass is 313 g/mol.